The van der Waals surface area contributed by atoms with Crippen LogP contribution in [0.4, 0.5) is 0 Å². The van der Waals surface area contributed by atoms with E-state index >= 15 is 0 Å². The van der Waals surface area contributed by atoms with Crippen molar-refractivity contribution in [3.05, 3.63) is 0 Å². The van der Waals surface area contributed by atoms with Gasteiger partial charge in [-0.1, -0.05) is 46.0 Å². The van der Waals surface area contributed by atoms with E-state index in [1.54, 1.807) is 0 Å². The summed E-state index contributed by atoms with van der Waals surface area (Å²) in [5.41, 5.74) is -0.829. The molecule has 0 radical (unpaired) electrons. The molecule has 0 saturated heterocycles. The Morgan fingerprint density at radius 2 is 1.75 bits per heavy atom. The molecule has 0 heterocycles. The molecule has 2 fully saturated rings. The first-order chi connectivity index (χ1) is 11.5. The lowest BCUT2D eigenvalue weighted by Gasteiger charge is -2.45. The zero-order chi connectivity index (χ0) is 17.6. The van der Waals surface area contributed by atoms with Crippen LogP contribution in [0.3, 0.4) is 0 Å². The molecule has 1 N–H and O–H groups in total. The van der Waals surface area contributed by atoms with E-state index in [2.05, 4.69) is 18.7 Å². The van der Waals surface area contributed by atoms with Gasteiger partial charge in [-0.3, -0.25) is 4.79 Å². The molecule has 1 unspecified atom stereocenters. The lowest BCUT2D eigenvalue weighted by molar-refractivity contribution is -0.176. The molecule has 0 aromatic heterocycles. The third-order valence-corrected chi connectivity index (χ3v) is 6.25. The molecule has 4 nitrogen and oxygen atoms in total. The summed E-state index contributed by atoms with van der Waals surface area (Å²) < 4.78 is 5.77. The van der Waals surface area contributed by atoms with E-state index in [0.29, 0.717) is 0 Å². The highest BCUT2D eigenvalue weighted by Crippen LogP contribution is 2.45. The zero-order valence-electron chi connectivity index (χ0n) is 15.9. The first-order valence-electron chi connectivity index (χ1n) is 10.2. The van der Waals surface area contributed by atoms with Crippen LogP contribution in [-0.2, 0) is 9.53 Å². The third-order valence-electron chi connectivity index (χ3n) is 6.25. The average Bonchev–Trinajstić information content (AvgIpc) is 2.60. The van der Waals surface area contributed by atoms with Gasteiger partial charge in [0.2, 0.25) is 0 Å². The number of hydrogen-bond donors (Lipinski definition) is 1. The van der Waals surface area contributed by atoms with Gasteiger partial charge in [0.1, 0.15) is 6.10 Å². The third kappa shape index (κ3) is 4.72. The fourth-order valence-corrected chi connectivity index (χ4v) is 4.76. The minimum absolute atomic E-state index is 0.116. The number of carbonyl (C=O) groups excluding carboxylic acids is 1. The molecule has 0 aromatic rings. The maximum atomic E-state index is 12.8. The van der Waals surface area contributed by atoms with Crippen LogP contribution in [0.15, 0.2) is 0 Å². The highest BCUT2D eigenvalue weighted by Gasteiger charge is 2.49. The van der Waals surface area contributed by atoms with Crippen LogP contribution >= 0.6 is 0 Å². The van der Waals surface area contributed by atoms with Gasteiger partial charge in [0.15, 0.2) is 0 Å². The molecule has 0 spiro atoms. The summed E-state index contributed by atoms with van der Waals surface area (Å²) in [4.78, 5) is 15.1. The van der Waals surface area contributed by atoms with Crippen molar-refractivity contribution in [3.8, 4) is 0 Å². The summed E-state index contributed by atoms with van der Waals surface area (Å²) >= 11 is 0. The van der Waals surface area contributed by atoms with Gasteiger partial charge in [-0.15, -0.1) is 0 Å². The van der Waals surface area contributed by atoms with Crippen LogP contribution in [0.5, 0.6) is 0 Å². The molecule has 2 saturated carbocycles. The molecule has 0 aliphatic heterocycles. The van der Waals surface area contributed by atoms with Crippen LogP contribution in [0.25, 0.3) is 0 Å². The topological polar surface area (TPSA) is 49.8 Å². The predicted octanol–water partition coefficient (Wildman–Crippen LogP) is 3.76. The molecule has 2 rings (SSSR count). The minimum Gasteiger partial charge on any atom is -0.461 e. The van der Waals surface area contributed by atoms with Crippen LogP contribution in [0.2, 0.25) is 0 Å². The second-order valence-corrected chi connectivity index (χ2v) is 7.86. The molecule has 3 atom stereocenters. The number of rotatable bonds is 7. The molecule has 2 aliphatic rings. The second kappa shape index (κ2) is 9.19. The summed E-state index contributed by atoms with van der Waals surface area (Å²) in [6.45, 7) is 8.93. The van der Waals surface area contributed by atoms with Crippen LogP contribution in [0, 0.1) is 11.8 Å². The Morgan fingerprint density at radius 1 is 1.12 bits per heavy atom. The van der Waals surface area contributed by atoms with E-state index in [1.165, 1.54) is 19.3 Å². The molecule has 0 amide bonds. The van der Waals surface area contributed by atoms with Gasteiger partial charge >= 0.3 is 5.97 Å². The Kier molecular flexibility index (Phi) is 7.55. The van der Waals surface area contributed by atoms with Crippen LogP contribution in [0.1, 0.15) is 78.6 Å². The highest BCUT2D eigenvalue weighted by molar-refractivity contribution is 5.74. The van der Waals surface area contributed by atoms with Gasteiger partial charge in [-0.25, -0.2) is 0 Å². The highest BCUT2D eigenvalue weighted by atomic mass is 16.5. The summed E-state index contributed by atoms with van der Waals surface area (Å²) in [5.74, 6) is -0.210. The molecule has 2 aliphatic carbocycles. The monoisotopic (exact) mass is 339 g/mol. The van der Waals surface area contributed by atoms with Crippen molar-refractivity contribution in [2.75, 3.05) is 19.6 Å². The van der Waals surface area contributed by atoms with Gasteiger partial charge in [0, 0.05) is 6.54 Å². The normalized spacial score (nSPS) is 30.3. The van der Waals surface area contributed by atoms with Crippen molar-refractivity contribution >= 4 is 5.97 Å². The summed E-state index contributed by atoms with van der Waals surface area (Å²) in [5, 5.41) is 11.4. The lowest BCUT2D eigenvalue weighted by Crippen LogP contribution is -2.52. The van der Waals surface area contributed by atoms with Gasteiger partial charge in [0.25, 0.3) is 0 Å². The van der Waals surface area contributed by atoms with Gasteiger partial charge in [-0.2, -0.15) is 0 Å². The Labute approximate surface area is 147 Å². The average molecular weight is 340 g/mol. The number of nitrogens with zero attached hydrogens (tertiary/aromatic N) is 1. The van der Waals surface area contributed by atoms with Gasteiger partial charge in [-0.05, 0) is 51.6 Å². The minimum atomic E-state index is -0.829. The van der Waals surface area contributed by atoms with E-state index in [-0.39, 0.29) is 23.9 Å². The van der Waals surface area contributed by atoms with E-state index in [1.807, 2.05) is 6.92 Å². The van der Waals surface area contributed by atoms with E-state index in [9.17, 15) is 9.90 Å². The Balaban J connectivity index is 1.99. The number of aliphatic hydroxyl groups is 1. The number of carbonyl (C=O) groups is 1. The number of hydrogen-bond acceptors (Lipinski definition) is 4. The van der Waals surface area contributed by atoms with Crippen molar-refractivity contribution in [1.82, 2.24) is 4.90 Å². The van der Waals surface area contributed by atoms with Crippen molar-refractivity contribution in [1.29, 1.82) is 0 Å². The summed E-state index contributed by atoms with van der Waals surface area (Å²) in [6.07, 6.45) is 9.26. The lowest BCUT2D eigenvalue weighted by atomic mass is 9.64. The quantitative estimate of drug-likeness (QED) is 0.718. The zero-order valence-corrected chi connectivity index (χ0v) is 15.9. The second-order valence-electron chi connectivity index (χ2n) is 7.86. The largest absolute Gasteiger partial charge is 0.461 e. The van der Waals surface area contributed by atoms with E-state index in [4.69, 9.17) is 4.74 Å². The maximum Gasteiger partial charge on any atom is 0.312 e. The summed E-state index contributed by atoms with van der Waals surface area (Å²) in [7, 11) is 0. The van der Waals surface area contributed by atoms with Crippen molar-refractivity contribution in [2.24, 2.45) is 11.8 Å². The SMILES string of the molecule is CCN(CC)CC(C)OC(=O)[C@H]1CCCC[C@]1(O)C1CCCCC1. The first kappa shape index (κ1) is 19.7. The molecule has 24 heavy (non-hydrogen) atoms. The van der Waals surface area contributed by atoms with Crippen molar-refractivity contribution in [2.45, 2.75) is 90.3 Å². The van der Waals surface area contributed by atoms with Crippen molar-refractivity contribution < 1.29 is 14.6 Å². The standard InChI is InChI=1S/C20H37NO3/c1-4-21(5-2)15-16(3)24-19(22)18-13-9-10-14-20(18,23)17-11-7-6-8-12-17/h16-18,23H,4-15H2,1-3H3/t16?,18-,20+/m1/s1. The van der Waals surface area contributed by atoms with E-state index < -0.39 is 5.60 Å². The molecular weight excluding hydrogens is 302 g/mol. The Bertz CT molecular complexity index is 390. The molecular formula is C20H37NO3. The number of ether oxygens (including phenoxy) is 1. The smallest absolute Gasteiger partial charge is 0.312 e. The number of likely N-dealkylation sites (N-methyl/N-ethyl adjacent to an activating group) is 1. The van der Waals surface area contributed by atoms with E-state index in [0.717, 1.165) is 58.2 Å². The summed E-state index contributed by atoms with van der Waals surface area (Å²) in [6, 6.07) is 0. The maximum absolute atomic E-state index is 12.8. The Morgan fingerprint density at radius 3 is 2.38 bits per heavy atom. The van der Waals surface area contributed by atoms with Crippen molar-refractivity contribution in [3.63, 3.8) is 0 Å². The fourth-order valence-electron chi connectivity index (χ4n) is 4.76. The molecule has 4 heteroatoms. The van der Waals surface area contributed by atoms with Crippen LogP contribution < -0.4 is 0 Å². The number of esters is 1. The molecule has 0 bridgehead atoms. The van der Waals surface area contributed by atoms with Crippen LogP contribution in [-0.4, -0.2) is 47.3 Å². The predicted molar refractivity (Wildman–Crippen MR) is 96.8 cm³/mol. The van der Waals surface area contributed by atoms with Gasteiger partial charge in [0.05, 0.1) is 11.5 Å². The fraction of sp³-hybridized carbons (Fsp3) is 0.950. The Hall–Kier alpha value is -0.610. The molecule has 0 aromatic carbocycles. The molecule has 140 valence electrons. The van der Waals surface area contributed by atoms with Gasteiger partial charge < -0.3 is 14.7 Å². The first-order valence-corrected chi connectivity index (χ1v) is 10.2.